The quantitative estimate of drug-likeness (QED) is 0.570. The Labute approximate surface area is 163 Å². The number of esters is 1. The molecule has 2 aliphatic heterocycles. The Morgan fingerprint density at radius 3 is 2.63 bits per heavy atom. The molecule has 0 radical (unpaired) electrons. The lowest BCUT2D eigenvalue weighted by molar-refractivity contribution is -0.139. The number of benzene rings is 1. The van der Waals surface area contributed by atoms with Gasteiger partial charge in [-0.15, -0.1) is 11.8 Å². The second-order valence-electron chi connectivity index (χ2n) is 6.31. The lowest BCUT2D eigenvalue weighted by Crippen LogP contribution is -2.49. The molecule has 0 aromatic heterocycles. The maximum Gasteiger partial charge on any atom is 0.338 e. The smallest absolute Gasteiger partial charge is 0.338 e. The number of nitrogens with zero attached hydrogens (tertiary/aromatic N) is 1. The van der Waals surface area contributed by atoms with Crippen molar-refractivity contribution in [3.8, 4) is 0 Å². The molecule has 8 heteroatoms. The molecule has 27 heavy (non-hydrogen) atoms. The number of hydrogen-bond donors (Lipinski definition) is 2. The Morgan fingerprint density at radius 2 is 2.00 bits per heavy atom. The number of nitrogens with one attached hydrogen (secondary N) is 2. The van der Waals surface area contributed by atoms with Gasteiger partial charge >= 0.3 is 12.0 Å². The van der Waals surface area contributed by atoms with Crippen LogP contribution in [0.2, 0.25) is 0 Å². The Morgan fingerprint density at radius 1 is 1.30 bits per heavy atom. The molecule has 1 atom stereocenters. The first-order valence-electron chi connectivity index (χ1n) is 9.04. The fourth-order valence-electron chi connectivity index (χ4n) is 3.22. The van der Waals surface area contributed by atoms with Crippen molar-refractivity contribution in [2.75, 3.05) is 45.7 Å². The number of thioether (sulfide) groups is 1. The summed E-state index contributed by atoms with van der Waals surface area (Å²) in [6.07, 6.45) is 2.01. The summed E-state index contributed by atoms with van der Waals surface area (Å²) in [5, 5.41) is 5.69. The van der Waals surface area contributed by atoms with Crippen LogP contribution in [0.5, 0.6) is 0 Å². The van der Waals surface area contributed by atoms with Crippen molar-refractivity contribution >= 4 is 23.8 Å². The fourth-order valence-corrected chi connectivity index (χ4v) is 3.63. The molecule has 1 fully saturated rings. The third-order valence-corrected chi connectivity index (χ3v) is 5.33. The second-order valence-corrected chi connectivity index (χ2v) is 7.19. The highest BCUT2D eigenvalue weighted by molar-refractivity contribution is 7.98. The predicted octanol–water partition coefficient (Wildman–Crippen LogP) is 1.91. The van der Waals surface area contributed by atoms with Crippen LogP contribution in [0, 0.1) is 0 Å². The Hall–Kier alpha value is -2.03. The SMILES string of the molecule is CCOC(=O)C1=C(CN2CCOCC2)NC(=O)NC1c1ccc(SC)cc1. The van der Waals surface area contributed by atoms with Gasteiger partial charge in [0.1, 0.15) is 0 Å². The van der Waals surface area contributed by atoms with Crippen LogP contribution < -0.4 is 10.6 Å². The van der Waals surface area contributed by atoms with Crippen molar-refractivity contribution in [2.45, 2.75) is 17.9 Å². The van der Waals surface area contributed by atoms with Crippen LogP contribution in [0.15, 0.2) is 40.4 Å². The Kier molecular flexibility index (Phi) is 6.76. The first-order chi connectivity index (χ1) is 13.1. The molecule has 2 N–H and O–H groups in total. The molecule has 1 saturated heterocycles. The number of amides is 2. The zero-order valence-corrected chi connectivity index (χ0v) is 16.4. The van der Waals surface area contributed by atoms with Gasteiger partial charge in [0.05, 0.1) is 31.4 Å². The zero-order valence-electron chi connectivity index (χ0n) is 15.6. The molecule has 1 unspecified atom stereocenters. The minimum absolute atomic E-state index is 0.277. The van der Waals surface area contributed by atoms with Gasteiger partial charge in [-0.2, -0.15) is 0 Å². The van der Waals surface area contributed by atoms with Crippen LogP contribution in [0.25, 0.3) is 0 Å². The monoisotopic (exact) mass is 391 g/mol. The van der Waals surface area contributed by atoms with Gasteiger partial charge in [-0.1, -0.05) is 12.1 Å². The van der Waals surface area contributed by atoms with Crippen molar-refractivity contribution in [1.82, 2.24) is 15.5 Å². The van der Waals surface area contributed by atoms with Crippen LogP contribution in [-0.4, -0.2) is 62.6 Å². The highest BCUT2D eigenvalue weighted by Gasteiger charge is 2.34. The van der Waals surface area contributed by atoms with E-state index in [0.717, 1.165) is 23.5 Å². The van der Waals surface area contributed by atoms with Gasteiger partial charge in [-0.25, -0.2) is 9.59 Å². The van der Waals surface area contributed by atoms with Crippen LogP contribution in [0.4, 0.5) is 4.79 Å². The van der Waals surface area contributed by atoms with E-state index in [1.54, 1.807) is 18.7 Å². The minimum atomic E-state index is -0.537. The van der Waals surface area contributed by atoms with E-state index in [1.807, 2.05) is 30.5 Å². The number of rotatable bonds is 6. The molecule has 0 bridgehead atoms. The Bertz CT molecular complexity index is 714. The summed E-state index contributed by atoms with van der Waals surface area (Å²) in [5.74, 6) is -0.410. The number of urea groups is 1. The van der Waals surface area contributed by atoms with Gasteiger partial charge in [-0.3, -0.25) is 4.90 Å². The molecule has 0 spiro atoms. The lowest BCUT2D eigenvalue weighted by Gasteiger charge is -2.33. The average molecular weight is 391 g/mol. The first kappa shape index (κ1) is 19.7. The third kappa shape index (κ3) is 4.82. The average Bonchev–Trinajstić information content (AvgIpc) is 2.68. The summed E-state index contributed by atoms with van der Waals surface area (Å²) in [6, 6.07) is 6.99. The van der Waals surface area contributed by atoms with E-state index in [9.17, 15) is 9.59 Å². The van der Waals surface area contributed by atoms with Gasteiger partial charge < -0.3 is 20.1 Å². The summed E-state index contributed by atoms with van der Waals surface area (Å²) in [6.45, 7) is 5.34. The third-order valence-electron chi connectivity index (χ3n) is 4.58. The van der Waals surface area contributed by atoms with Gasteiger partial charge in [0.15, 0.2) is 0 Å². The van der Waals surface area contributed by atoms with E-state index in [0.29, 0.717) is 31.0 Å². The zero-order chi connectivity index (χ0) is 19.2. The molecule has 146 valence electrons. The van der Waals surface area contributed by atoms with Crippen LogP contribution in [0.3, 0.4) is 0 Å². The fraction of sp³-hybridized carbons (Fsp3) is 0.474. The van der Waals surface area contributed by atoms with Crippen molar-refractivity contribution < 1.29 is 19.1 Å². The predicted molar refractivity (Wildman–Crippen MR) is 104 cm³/mol. The van der Waals surface area contributed by atoms with Crippen molar-refractivity contribution in [2.24, 2.45) is 0 Å². The van der Waals surface area contributed by atoms with Crippen molar-refractivity contribution in [3.05, 3.63) is 41.1 Å². The molecule has 0 saturated carbocycles. The molecule has 1 aromatic carbocycles. The molecule has 0 aliphatic carbocycles. The number of morpholine rings is 1. The Balaban J connectivity index is 1.95. The van der Waals surface area contributed by atoms with E-state index in [-0.39, 0.29) is 12.6 Å². The molecular formula is C19H25N3O4S. The summed E-state index contributed by atoms with van der Waals surface area (Å²) in [5.41, 5.74) is 1.91. The summed E-state index contributed by atoms with van der Waals surface area (Å²) in [4.78, 5) is 28.3. The number of hydrogen-bond acceptors (Lipinski definition) is 6. The van der Waals surface area contributed by atoms with E-state index < -0.39 is 12.0 Å². The lowest BCUT2D eigenvalue weighted by atomic mass is 9.95. The van der Waals surface area contributed by atoms with Crippen LogP contribution in [-0.2, 0) is 14.3 Å². The molecule has 2 aliphatic rings. The maximum absolute atomic E-state index is 12.7. The first-order valence-corrected chi connectivity index (χ1v) is 10.3. The highest BCUT2D eigenvalue weighted by atomic mass is 32.2. The normalized spacial score (nSPS) is 20.8. The number of carbonyl (C=O) groups excluding carboxylic acids is 2. The second kappa shape index (κ2) is 9.25. The molecule has 1 aromatic rings. The van der Waals surface area contributed by atoms with Crippen LogP contribution in [0.1, 0.15) is 18.5 Å². The molecule has 2 amide bonds. The molecule has 2 heterocycles. The molecular weight excluding hydrogens is 366 g/mol. The van der Waals surface area contributed by atoms with E-state index in [1.165, 1.54) is 0 Å². The van der Waals surface area contributed by atoms with Gasteiger partial charge in [0, 0.05) is 30.2 Å². The highest BCUT2D eigenvalue weighted by Crippen LogP contribution is 2.29. The van der Waals surface area contributed by atoms with Crippen molar-refractivity contribution in [3.63, 3.8) is 0 Å². The van der Waals surface area contributed by atoms with Gasteiger partial charge in [0.25, 0.3) is 0 Å². The standard InChI is InChI=1S/C19H25N3O4S/c1-3-26-18(23)16-15(12-22-8-10-25-11-9-22)20-19(24)21-17(16)13-4-6-14(27-2)7-5-13/h4-7,17H,3,8-12H2,1-2H3,(H2,20,21,24). The van der Waals surface area contributed by atoms with E-state index in [4.69, 9.17) is 9.47 Å². The van der Waals surface area contributed by atoms with Crippen molar-refractivity contribution in [1.29, 1.82) is 0 Å². The maximum atomic E-state index is 12.7. The molecule has 3 rings (SSSR count). The number of ether oxygens (including phenoxy) is 2. The van der Waals surface area contributed by atoms with E-state index >= 15 is 0 Å². The van der Waals surface area contributed by atoms with Gasteiger partial charge in [0.2, 0.25) is 0 Å². The minimum Gasteiger partial charge on any atom is -0.463 e. The summed E-state index contributed by atoms with van der Waals surface area (Å²) < 4.78 is 10.7. The topological polar surface area (TPSA) is 79.9 Å². The van der Waals surface area contributed by atoms with Crippen LogP contribution >= 0.6 is 11.8 Å². The van der Waals surface area contributed by atoms with E-state index in [2.05, 4.69) is 15.5 Å². The largest absolute Gasteiger partial charge is 0.463 e. The number of carbonyl (C=O) groups is 2. The molecule has 7 nitrogen and oxygen atoms in total. The summed E-state index contributed by atoms with van der Waals surface area (Å²) >= 11 is 1.64. The summed E-state index contributed by atoms with van der Waals surface area (Å²) in [7, 11) is 0. The van der Waals surface area contributed by atoms with Gasteiger partial charge in [-0.05, 0) is 30.9 Å².